The van der Waals surface area contributed by atoms with Crippen LogP contribution in [-0.2, 0) is 0 Å². The van der Waals surface area contributed by atoms with E-state index >= 15 is 0 Å². The van der Waals surface area contributed by atoms with Crippen LogP contribution in [0.1, 0.15) is 16.8 Å². The van der Waals surface area contributed by atoms with Gasteiger partial charge < -0.3 is 10.2 Å². The minimum atomic E-state index is 0.0160. The fourth-order valence-corrected chi connectivity index (χ4v) is 3.19. The Morgan fingerprint density at radius 2 is 2.32 bits per heavy atom. The van der Waals surface area contributed by atoms with Gasteiger partial charge in [-0.3, -0.25) is 9.89 Å². The zero-order chi connectivity index (χ0) is 15.5. The van der Waals surface area contributed by atoms with Crippen LogP contribution in [0.15, 0.2) is 30.5 Å². The van der Waals surface area contributed by atoms with Crippen LogP contribution in [0.3, 0.4) is 0 Å². The van der Waals surface area contributed by atoms with E-state index in [2.05, 4.69) is 15.5 Å². The number of likely N-dealkylation sites (tertiary alicyclic amines) is 1. The summed E-state index contributed by atoms with van der Waals surface area (Å²) in [6.45, 7) is 2.51. The molecular weight excluding hydrogens is 300 g/mol. The minimum absolute atomic E-state index is 0.0160. The number of benzene rings is 1. The van der Waals surface area contributed by atoms with Crippen LogP contribution < -0.4 is 5.32 Å². The van der Waals surface area contributed by atoms with Gasteiger partial charge in [0.05, 0.1) is 17.5 Å². The van der Waals surface area contributed by atoms with Gasteiger partial charge in [0.25, 0.3) is 5.91 Å². The molecular formula is C16H19ClN4O. The SMILES string of the molecule is CNCC1CCN(C(=O)c2cn[nH]c2-c2ccccc2Cl)C1. The van der Waals surface area contributed by atoms with Gasteiger partial charge in [-0.15, -0.1) is 0 Å². The fraction of sp³-hybridized carbons (Fsp3) is 0.375. The molecule has 1 aliphatic rings. The maximum Gasteiger partial charge on any atom is 0.257 e. The number of amides is 1. The van der Waals surface area contributed by atoms with Gasteiger partial charge in [0.15, 0.2) is 0 Å². The molecule has 0 spiro atoms. The molecule has 1 aliphatic heterocycles. The number of carbonyl (C=O) groups is 1. The number of H-pyrrole nitrogens is 1. The van der Waals surface area contributed by atoms with Gasteiger partial charge in [0.1, 0.15) is 0 Å². The zero-order valence-corrected chi connectivity index (χ0v) is 13.2. The van der Waals surface area contributed by atoms with E-state index in [0.717, 1.165) is 31.6 Å². The van der Waals surface area contributed by atoms with Crippen molar-refractivity contribution in [3.05, 3.63) is 41.0 Å². The predicted octanol–water partition coefficient (Wildman–Crippen LogP) is 2.41. The molecule has 5 nitrogen and oxygen atoms in total. The number of rotatable bonds is 4. The fourth-order valence-electron chi connectivity index (χ4n) is 2.96. The van der Waals surface area contributed by atoms with Crippen LogP contribution in [0.2, 0.25) is 5.02 Å². The van der Waals surface area contributed by atoms with Crippen LogP contribution in [0, 0.1) is 5.92 Å². The van der Waals surface area contributed by atoms with Gasteiger partial charge in [0, 0.05) is 23.7 Å². The normalized spacial score (nSPS) is 17.9. The van der Waals surface area contributed by atoms with E-state index in [4.69, 9.17) is 11.6 Å². The Bertz CT molecular complexity index is 670. The lowest BCUT2D eigenvalue weighted by Crippen LogP contribution is -2.30. The lowest BCUT2D eigenvalue weighted by Gasteiger charge is -2.16. The second-order valence-corrected chi connectivity index (χ2v) is 6.01. The van der Waals surface area contributed by atoms with Crippen LogP contribution in [0.25, 0.3) is 11.3 Å². The van der Waals surface area contributed by atoms with E-state index in [1.165, 1.54) is 0 Å². The molecule has 1 aromatic carbocycles. The summed E-state index contributed by atoms with van der Waals surface area (Å²) in [5.41, 5.74) is 2.07. The molecule has 0 bridgehead atoms. The summed E-state index contributed by atoms with van der Waals surface area (Å²) in [6.07, 6.45) is 2.62. The monoisotopic (exact) mass is 318 g/mol. The maximum absolute atomic E-state index is 12.8. The molecule has 2 heterocycles. The second kappa shape index (κ2) is 6.50. The Labute approximate surface area is 134 Å². The van der Waals surface area contributed by atoms with Crippen LogP contribution in [0.5, 0.6) is 0 Å². The lowest BCUT2D eigenvalue weighted by atomic mass is 10.1. The van der Waals surface area contributed by atoms with Crippen LogP contribution in [-0.4, -0.2) is 47.7 Å². The first-order chi connectivity index (χ1) is 10.7. The molecule has 1 unspecified atom stereocenters. The van der Waals surface area contributed by atoms with Crippen molar-refractivity contribution in [2.24, 2.45) is 5.92 Å². The van der Waals surface area contributed by atoms with E-state index in [9.17, 15) is 4.79 Å². The number of aromatic nitrogens is 2. The summed E-state index contributed by atoms with van der Waals surface area (Å²) in [5.74, 6) is 0.534. The number of halogens is 1. The first-order valence-electron chi connectivity index (χ1n) is 7.43. The third-order valence-corrected chi connectivity index (χ3v) is 4.41. The van der Waals surface area contributed by atoms with Crippen molar-refractivity contribution in [3.8, 4) is 11.3 Å². The third-order valence-electron chi connectivity index (χ3n) is 4.08. The molecule has 2 aromatic rings. The quantitative estimate of drug-likeness (QED) is 0.910. The Morgan fingerprint density at radius 1 is 1.50 bits per heavy atom. The first kappa shape index (κ1) is 15.1. The van der Waals surface area contributed by atoms with Crippen molar-refractivity contribution < 1.29 is 4.79 Å². The number of carbonyl (C=O) groups excluding carboxylic acids is 1. The summed E-state index contributed by atoms with van der Waals surface area (Å²) < 4.78 is 0. The molecule has 22 heavy (non-hydrogen) atoms. The number of nitrogens with zero attached hydrogens (tertiary/aromatic N) is 2. The summed E-state index contributed by atoms with van der Waals surface area (Å²) in [4.78, 5) is 14.7. The summed E-state index contributed by atoms with van der Waals surface area (Å²) in [7, 11) is 1.94. The van der Waals surface area contributed by atoms with Crippen molar-refractivity contribution >= 4 is 17.5 Å². The minimum Gasteiger partial charge on any atom is -0.338 e. The maximum atomic E-state index is 12.8. The molecule has 116 valence electrons. The summed E-state index contributed by atoms with van der Waals surface area (Å²) in [5, 5.41) is 10.7. The van der Waals surface area contributed by atoms with Gasteiger partial charge in [-0.05, 0) is 32.0 Å². The highest BCUT2D eigenvalue weighted by atomic mass is 35.5. The van der Waals surface area contributed by atoms with Crippen LogP contribution in [0.4, 0.5) is 0 Å². The Balaban J connectivity index is 1.84. The molecule has 1 fully saturated rings. The highest BCUT2D eigenvalue weighted by Crippen LogP contribution is 2.30. The van der Waals surface area contributed by atoms with Crippen molar-refractivity contribution in [2.45, 2.75) is 6.42 Å². The molecule has 3 rings (SSSR count). The molecule has 1 saturated heterocycles. The number of hydrogen-bond acceptors (Lipinski definition) is 3. The molecule has 0 aliphatic carbocycles. The topological polar surface area (TPSA) is 61.0 Å². The molecule has 0 radical (unpaired) electrons. The number of hydrogen-bond donors (Lipinski definition) is 2. The average molecular weight is 319 g/mol. The highest BCUT2D eigenvalue weighted by molar-refractivity contribution is 6.33. The predicted molar refractivity (Wildman–Crippen MR) is 87.0 cm³/mol. The highest BCUT2D eigenvalue weighted by Gasteiger charge is 2.29. The van der Waals surface area contributed by atoms with Crippen molar-refractivity contribution in [1.82, 2.24) is 20.4 Å². The van der Waals surface area contributed by atoms with Gasteiger partial charge in [0.2, 0.25) is 0 Å². The third kappa shape index (κ3) is 2.87. The van der Waals surface area contributed by atoms with Gasteiger partial charge in [-0.2, -0.15) is 5.10 Å². The Morgan fingerprint density at radius 3 is 3.09 bits per heavy atom. The molecule has 1 atom stereocenters. The number of nitrogens with one attached hydrogen (secondary N) is 2. The van der Waals surface area contributed by atoms with Crippen molar-refractivity contribution in [3.63, 3.8) is 0 Å². The van der Waals surface area contributed by atoms with Gasteiger partial charge >= 0.3 is 0 Å². The van der Waals surface area contributed by atoms with E-state index in [1.54, 1.807) is 6.20 Å². The molecule has 1 amide bonds. The molecule has 1 aromatic heterocycles. The smallest absolute Gasteiger partial charge is 0.257 e. The van der Waals surface area contributed by atoms with E-state index < -0.39 is 0 Å². The summed E-state index contributed by atoms with van der Waals surface area (Å²) in [6, 6.07) is 7.47. The van der Waals surface area contributed by atoms with Crippen molar-refractivity contribution in [1.29, 1.82) is 0 Å². The average Bonchev–Trinajstić information content (AvgIpc) is 3.16. The van der Waals surface area contributed by atoms with E-state index in [-0.39, 0.29) is 5.91 Å². The first-order valence-corrected chi connectivity index (χ1v) is 7.80. The Kier molecular flexibility index (Phi) is 4.45. The van der Waals surface area contributed by atoms with Crippen molar-refractivity contribution in [2.75, 3.05) is 26.7 Å². The summed E-state index contributed by atoms with van der Waals surface area (Å²) >= 11 is 6.24. The van der Waals surface area contributed by atoms with E-state index in [0.29, 0.717) is 22.2 Å². The second-order valence-electron chi connectivity index (χ2n) is 5.60. The molecule has 0 saturated carbocycles. The van der Waals surface area contributed by atoms with Gasteiger partial charge in [-0.1, -0.05) is 29.8 Å². The number of aromatic amines is 1. The van der Waals surface area contributed by atoms with E-state index in [1.807, 2.05) is 36.2 Å². The largest absolute Gasteiger partial charge is 0.338 e. The lowest BCUT2D eigenvalue weighted by molar-refractivity contribution is 0.0788. The van der Waals surface area contributed by atoms with Gasteiger partial charge in [-0.25, -0.2) is 0 Å². The molecule has 2 N–H and O–H groups in total. The zero-order valence-electron chi connectivity index (χ0n) is 12.5. The molecule has 6 heteroatoms. The standard InChI is InChI=1S/C16H19ClN4O/c1-18-8-11-6-7-21(10-11)16(22)13-9-19-20-15(13)12-4-2-3-5-14(12)17/h2-5,9,11,18H,6-8,10H2,1H3,(H,19,20). The Hall–Kier alpha value is -1.85. The van der Waals surface area contributed by atoms with Crippen LogP contribution >= 0.6 is 11.6 Å².